The van der Waals surface area contributed by atoms with Crippen LogP contribution in [0.2, 0.25) is 0 Å². The summed E-state index contributed by atoms with van der Waals surface area (Å²) in [7, 11) is 0. The minimum Gasteiger partial charge on any atom is -0.484 e. The van der Waals surface area contributed by atoms with Crippen LogP contribution in [-0.2, 0) is 11.3 Å². The lowest BCUT2D eigenvalue weighted by Crippen LogP contribution is -2.35. The molecule has 0 N–H and O–H groups in total. The standard InChI is InChI=1S/C22H19F2NO4/c1-2-21(26)15-5-8-17(9-6-15)29-14-22(27)25(13-18-4-3-11-28-18)20-10-7-16(23)12-19(20)24/h3-12H,2,13-14H2,1H3. The second-order valence-corrected chi connectivity index (χ2v) is 6.24. The lowest BCUT2D eigenvalue weighted by molar-refractivity contribution is -0.120. The summed E-state index contributed by atoms with van der Waals surface area (Å²) < 4.78 is 38.3. The van der Waals surface area contributed by atoms with E-state index in [2.05, 4.69) is 0 Å². The highest BCUT2D eigenvalue weighted by atomic mass is 19.1. The molecule has 0 radical (unpaired) electrons. The number of rotatable bonds is 8. The second kappa shape index (κ2) is 9.14. The van der Waals surface area contributed by atoms with Gasteiger partial charge in [0.25, 0.3) is 5.91 Å². The Morgan fingerprint density at radius 2 is 1.83 bits per heavy atom. The number of furan rings is 1. The van der Waals surface area contributed by atoms with Gasteiger partial charge in [-0.15, -0.1) is 0 Å². The number of anilines is 1. The van der Waals surface area contributed by atoms with Gasteiger partial charge in [0, 0.05) is 18.1 Å². The third-order valence-electron chi connectivity index (χ3n) is 4.26. The fraction of sp³-hybridized carbons (Fsp3) is 0.182. The number of nitrogens with zero attached hydrogens (tertiary/aromatic N) is 1. The molecule has 0 aliphatic rings. The average molecular weight is 399 g/mol. The number of ether oxygens (including phenoxy) is 1. The van der Waals surface area contributed by atoms with Gasteiger partial charge >= 0.3 is 0 Å². The maximum Gasteiger partial charge on any atom is 0.265 e. The summed E-state index contributed by atoms with van der Waals surface area (Å²) in [5.41, 5.74) is 0.472. The Kier molecular flexibility index (Phi) is 6.39. The number of halogens is 2. The fourth-order valence-electron chi connectivity index (χ4n) is 2.73. The molecule has 150 valence electrons. The van der Waals surface area contributed by atoms with Gasteiger partial charge in [0.15, 0.2) is 12.4 Å². The van der Waals surface area contributed by atoms with Gasteiger partial charge < -0.3 is 9.15 Å². The van der Waals surface area contributed by atoms with Crippen LogP contribution in [0.3, 0.4) is 0 Å². The highest BCUT2D eigenvalue weighted by molar-refractivity contribution is 5.96. The Hall–Kier alpha value is -3.48. The Bertz CT molecular complexity index is 985. The van der Waals surface area contributed by atoms with Gasteiger partial charge in [0.2, 0.25) is 0 Å². The first-order valence-electron chi connectivity index (χ1n) is 9.01. The smallest absolute Gasteiger partial charge is 0.265 e. The number of ketones is 1. The molecule has 1 heterocycles. The quantitative estimate of drug-likeness (QED) is 0.513. The predicted octanol–water partition coefficient (Wildman–Crippen LogP) is 4.76. The molecule has 29 heavy (non-hydrogen) atoms. The largest absolute Gasteiger partial charge is 0.484 e. The van der Waals surface area contributed by atoms with E-state index < -0.39 is 17.5 Å². The molecule has 7 heteroatoms. The van der Waals surface area contributed by atoms with Crippen LogP contribution in [-0.4, -0.2) is 18.3 Å². The van der Waals surface area contributed by atoms with Crippen molar-refractivity contribution < 1.29 is 27.5 Å². The third-order valence-corrected chi connectivity index (χ3v) is 4.26. The molecular weight excluding hydrogens is 380 g/mol. The van der Waals surface area contributed by atoms with E-state index in [9.17, 15) is 18.4 Å². The number of hydrogen-bond acceptors (Lipinski definition) is 4. The molecule has 0 unspecified atom stereocenters. The van der Waals surface area contributed by atoms with Crippen LogP contribution in [0.25, 0.3) is 0 Å². The van der Waals surface area contributed by atoms with Crippen LogP contribution in [0.15, 0.2) is 65.3 Å². The summed E-state index contributed by atoms with van der Waals surface area (Å²) in [6.45, 7) is 1.36. The zero-order chi connectivity index (χ0) is 20.8. The first-order valence-corrected chi connectivity index (χ1v) is 9.01. The molecule has 0 saturated carbocycles. The van der Waals surface area contributed by atoms with E-state index >= 15 is 0 Å². The van der Waals surface area contributed by atoms with Crippen molar-refractivity contribution in [2.75, 3.05) is 11.5 Å². The van der Waals surface area contributed by atoms with Gasteiger partial charge in [0.1, 0.15) is 23.1 Å². The minimum atomic E-state index is -0.868. The van der Waals surface area contributed by atoms with Crippen LogP contribution >= 0.6 is 0 Å². The fourth-order valence-corrected chi connectivity index (χ4v) is 2.73. The molecule has 3 aromatic rings. The van der Waals surface area contributed by atoms with Crippen molar-refractivity contribution in [3.05, 3.63) is 83.8 Å². The van der Waals surface area contributed by atoms with Crippen LogP contribution in [0.4, 0.5) is 14.5 Å². The van der Waals surface area contributed by atoms with Gasteiger partial charge in [-0.25, -0.2) is 8.78 Å². The Labute approximate surface area is 166 Å². The predicted molar refractivity (Wildman–Crippen MR) is 103 cm³/mol. The molecular formula is C22H19F2NO4. The molecule has 1 aromatic heterocycles. The van der Waals surface area contributed by atoms with E-state index in [0.29, 0.717) is 29.6 Å². The molecule has 0 spiro atoms. The molecule has 0 atom stereocenters. The molecule has 0 aliphatic heterocycles. The minimum absolute atomic E-state index is 0.00374. The molecule has 3 rings (SSSR count). The number of Topliss-reactive ketones (excluding diaryl/α,β-unsaturated/α-hetero) is 1. The SMILES string of the molecule is CCC(=O)c1ccc(OCC(=O)N(Cc2ccco2)c2ccc(F)cc2F)cc1. The molecule has 5 nitrogen and oxygen atoms in total. The molecule has 0 saturated heterocycles. The number of carbonyl (C=O) groups excluding carboxylic acids is 2. The Morgan fingerprint density at radius 1 is 1.07 bits per heavy atom. The normalized spacial score (nSPS) is 10.6. The van der Waals surface area contributed by atoms with Crippen LogP contribution in [0.5, 0.6) is 5.75 Å². The van der Waals surface area contributed by atoms with E-state index in [4.69, 9.17) is 9.15 Å². The maximum absolute atomic E-state index is 14.3. The summed E-state index contributed by atoms with van der Waals surface area (Å²) in [5, 5.41) is 0. The monoisotopic (exact) mass is 399 g/mol. The van der Waals surface area contributed by atoms with E-state index in [1.165, 1.54) is 12.3 Å². The van der Waals surface area contributed by atoms with Gasteiger partial charge in [-0.05, 0) is 48.5 Å². The number of amides is 1. The zero-order valence-electron chi connectivity index (χ0n) is 15.7. The third kappa shape index (κ3) is 5.07. The summed E-state index contributed by atoms with van der Waals surface area (Å²) in [5.74, 6) is -1.32. The molecule has 0 bridgehead atoms. The topological polar surface area (TPSA) is 59.8 Å². The second-order valence-electron chi connectivity index (χ2n) is 6.24. The van der Waals surface area contributed by atoms with Crippen LogP contribution in [0.1, 0.15) is 29.5 Å². The molecule has 2 aromatic carbocycles. The molecule has 0 aliphatic carbocycles. The van der Waals surface area contributed by atoms with Crippen molar-refractivity contribution in [2.24, 2.45) is 0 Å². The highest BCUT2D eigenvalue weighted by Gasteiger charge is 2.22. The Balaban J connectivity index is 1.75. The number of hydrogen-bond donors (Lipinski definition) is 0. The van der Waals surface area contributed by atoms with Crippen molar-refractivity contribution in [3.63, 3.8) is 0 Å². The molecule has 1 amide bonds. The maximum atomic E-state index is 14.3. The number of benzene rings is 2. The summed E-state index contributed by atoms with van der Waals surface area (Å²) in [6.07, 6.45) is 1.83. The van der Waals surface area contributed by atoms with E-state index in [0.717, 1.165) is 11.0 Å². The first kappa shape index (κ1) is 20.3. The van der Waals surface area contributed by atoms with Crippen molar-refractivity contribution in [3.8, 4) is 5.75 Å². The number of carbonyl (C=O) groups is 2. The van der Waals surface area contributed by atoms with Gasteiger partial charge in [-0.3, -0.25) is 14.5 Å². The van der Waals surface area contributed by atoms with Gasteiger partial charge in [-0.2, -0.15) is 0 Å². The Morgan fingerprint density at radius 3 is 2.45 bits per heavy atom. The van der Waals surface area contributed by atoms with Crippen LogP contribution in [0, 0.1) is 11.6 Å². The summed E-state index contributed by atoms with van der Waals surface area (Å²) in [6, 6.07) is 12.7. The lowest BCUT2D eigenvalue weighted by Gasteiger charge is -2.22. The van der Waals surface area contributed by atoms with E-state index in [1.54, 1.807) is 43.3 Å². The van der Waals surface area contributed by atoms with Gasteiger partial charge in [0.05, 0.1) is 18.5 Å². The van der Waals surface area contributed by atoms with E-state index in [1.807, 2.05) is 0 Å². The average Bonchev–Trinajstić information content (AvgIpc) is 3.24. The summed E-state index contributed by atoms with van der Waals surface area (Å²) in [4.78, 5) is 25.5. The van der Waals surface area contributed by atoms with Crippen molar-refractivity contribution in [1.82, 2.24) is 0 Å². The summed E-state index contributed by atoms with van der Waals surface area (Å²) >= 11 is 0. The van der Waals surface area contributed by atoms with Crippen molar-refractivity contribution >= 4 is 17.4 Å². The van der Waals surface area contributed by atoms with Crippen molar-refractivity contribution in [1.29, 1.82) is 0 Å². The van der Waals surface area contributed by atoms with E-state index in [-0.39, 0.29) is 24.6 Å². The lowest BCUT2D eigenvalue weighted by atomic mass is 10.1. The van der Waals surface area contributed by atoms with Crippen LogP contribution < -0.4 is 9.64 Å². The van der Waals surface area contributed by atoms with Gasteiger partial charge in [-0.1, -0.05) is 6.92 Å². The zero-order valence-corrected chi connectivity index (χ0v) is 15.7. The van der Waals surface area contributed by atoms with Crippen molar-refractivity contribution in [2.45, 2.75) is 19.9 Å². The molecule has 0 fully saturated rings. The first-order chi connectivity index (χ1) is 14.0. The highest BCUT2D eigenvalue weighted by Crippen LogP contribution is 2.23.